The Hall–Kier alpha value is -1.00. The van der Waals surface area contributed by atoms with E-state index in [0.717, 1.165) is 24.9 Å². The van der Waals surface area contributed by atoms with Gasteiger partial charge in [-0.05, 0) is 18.9 Å². The van der Waals surface area contributed by atoms with Crippen LogP contribution < -0.4 is 5.32 Å². The lowest BCUT2D eigenvalue weighted by molar-refractivity contribution is 0.0200. The average molecular weight is 282 g/mol. The summed E-state index contributed by atoms with van der Waals surface area (Å²) >= 11 is 0. The molecule has 2 nitrogen and oxygen atoms in total. The molecular formula is C16H24F2N2. The van der Waals surface area contributed by atoms with Gasteiger partial charge in [0, 0.05) is 19.1 Å². The van der Waals surface area contributed by atoms with E-state index >= 15 is 0 Å². The number of rotatable bonds is 5. The van der Waals surface area contributed by atoms with Crippen molar-refractivity contribution in [2.45, 2.75) is 44.7 Å². The van der Waals surface area contributed by atoms with Gasteiger partial charge in [-0.1, -0.05) is 43.7 Å². The highest BCUT2D eigenvalue weighted by atomic mass is 19.3. The molecule has 0 spiro atoms. The highest BCUT2D eigenvalue weighted by Gasteiger charge is 2.37. The van der Waals surface area contributed by atoms with Gasteiger partial charge in [-0.2, -0.15) is 0 Å². The van der Waals surface area contributed by atoms with Crippen molar-refractivity contribution in [3.05, 3.63) is 35.9 Å². The number of hydrogen-bond acceptors (Lipinski definition) is 2. The average Bonchev–Trinajstić information content (AvgIpc) is 2.43. The van der Waals surface area contributed by atoms with E-state index in [0.29, 0.717) is 6.54 Å². The van der Waals surface area contributed by atoms with E-state index in [-0.39, 0.29) is 18.1 Å². The number of nitrogens with one attached hydrogen (secondary N) is 1. The summed E-state index contributed by atoms with van der Waals surface area (Å²) in [4.78, 5) is 1.96. The lowest BCUT2D eigenvalue weighted by Crippen LogP contribution is -2.61. The number of piperazine rings is 1. The molecule has 1 aromatic carbocycles. The zero-order chi connectivity index (χ0) is 14.6. The maximum Gasteiger partial charge on any atom is 0.251 e. The molecule has 112 valence electrons. The Morgan fingerprint density at radius 1 is 1.35 bits per heavy atom. The van der Waals surface area contributed by atoms with Crippen molar-refractivity contribution in [1.82, 2.24) is 10.2 Å². The van der Waals surface area contributed by atoms with Gasteiger partial charge < -0.3 is 5.32 Å². The first kappa shape index (κ1) is 15.4. The number of alkyl halides is 2. The summed E-state index contributed by atoms with van der Waals surface area (Å²) in [6, 6.07) is 10.3. The fraction of sp³-hybridized carbons (Fsp3) is 0.625. The number of nitrogens with zero attached hydrogens (tertiary/aromatic N) is 1. The van der Waals surface area contributed by atoms with Crippen molar-refractivity contribution in [3.8, 4) is 0 Å². The first-order valence-electron chi connectivity index (χ1n) is 7.38. The number of halogens is 2. The summed E-state index contributed by atoms with van der Waals surface area (Å²) in [6.07, 6.45) is -0.286. The Morgan fingerprint density at radius 2 is 2.05 bits per heavy atom. The summed E-state index contributed by atoms with van der Waals surface area (Å²) in [7, 11) is 0. The van der Waals surface area contributed by atoms with E-state index < -0.39 is 6.43 Å². The quantitative estimate of drug-likeness (QED) is 0.892. The molecule has 20 heavy (non-hydrogen) atoms. The summed E-state index contributed by atoms with van der Waals surface area (Å²) in [5.74, 6) is 0. The SMILES string of the molecule is CCCC1CNC(C)(c2ccccc2)CN1CC(F)F. The minimum Gasteiger partial charge on any atom is -0.305 e. The highest BCUT2D eigenvalue weighted by molar-refractivity contribution is 5.25. The Bertz CT molecular complexity index is 410. The zero-order valence-electron chi connectivity index (χ0n) is 12.3. The highest BCUT2D eigenvalue weighted by Crippen LogP contribution is 2.28. The fourth-order valence-corrected chi connectivity index (χ4v) is 3.07. The second kappa shape index (κ2) is 6.64. The molecule has 2 unspecified atom stereocenters. The van der Waals surface area contributed by atoms with E-state index in [9.17, 15) is 8.78 Å². The molecule has 0 aromatic heterocycles. The van der Waals surface area contributed by atoms with Gasteiger partial charge in [-0.15, -0.1) is 0 Å². The summed E-state index contributed by atoms with van der Waals surface area (Å²) < 4.78 is 25.7. The Labute approximate surface area is 120 Å². The van der Waals surface area contributed by atoms with Crippen molar-refractivity contribution < 1.29 is 8.78 Å². The Morgan fingerprint density at radius 3 is 2.65 bits per heavy atom. The molecule has 0 radical (unpaired) electrons. The second-order valence-corrected chi connectivity index (χ2v) is 5.84. The van der Waals surface area contributed by atoms with Crippen molar-refractivity contribution in [1.29, 1.82) is 0 Å². The molecule has 2 atom stereocenters. The number of benzene rings is 1. The van der Waals surface area contributed by atoms with Crippen LogP contribution in [0.15, 0.2) is 30.3 Å². The van der Waals surface area contributed by atoms with E-state index in [1.807, 2.05) is 23.1 Å². The van der Waals surface area contributed by atoms with Crippen LogP contribution in [0.25, 0.3) is 0 Å². The number of hydrogen-bond donors (Lipinski definition) is 1. The van der Waals surface area contributed by atoms with Crippen LogP contribution >= 0.6 is 0 Å². The lowest BCUT2D eigenvalue weighted by Gasteiger charge is -2.46. The van der Waals surface area contributed by atoms with E-state index in [4.69, 9.17) is 0 Å². The van der Waals surface area contributed by atoms with Crippen LogP contribution in [-0.4, -0.2) is 37.0 Å². The van der Waals surface area contributed by atoms with Gasteiger partial charge in [0.1, 0.15) is 0 Å². The maximum atomic E-state index is 12.8. The zero-order valence-corrected chi connectivity index (χ0v) is 12.3. The molecule has 0 saturated carbocycles. The lowest BCUT2D eigenvalue weighted by atomic mass is 9.87. The molecule has 0 amide bonds. The third-order valence-corrected chi connectivity index (χ3v) is 4.17. The maximum absolute atomic E-state index is 12.8. The molecule has 0 bridgehead atoms. The van der Waals surface area contributed by atoms with Crippen LogP contribution in [0.4, 0.5) is 8.78 Å². The normalized spacial score (nSPS) is 27.9. The third kappa shape index (κ3) is 3.55. The topological polar surface area (TPSA) is 15.3 Å². The largest absolute Gasteiger partial charge is 0.305 e. The van der Waals surface area contributed by atoms with Crippen LogP contribution in [0.3, 0.4) is 0 Å². The first-order valence-corrected chi connectivity index (χ1v) is 7.38. The molecule has 1 aromatic rings. The second-order valence-electron chi connectivity index (χ2n) is 5.84. The van der Waals surface area contributed by atoms with Crippen LogP contribution in [0.5, 0.6) is 0 Å². The third-order valence-electron chi connectivity index (χ3n) is 4.17. The summed E-state index contributed by atoms with van der Waals surface area (Å²) in [5.41, 5.74) is 0.912. The molecule has 1 aliphatic heterocycles. The van der Waals surface area contributed by atoms with Crippen LogP contribution in [0, 0.1) is 0 Å². The minimum absolute atomic E-state index is 0.130. The molecule has 1 aliphatic rings. The molecule has 1 heterocycles. The molecule has 2 rings (SSSR count). The van der Waals surface area contributed by atoms with Crippen molar-refractivity contribution in [2.75, 3.05) is 19.6 Å². The minimum atomic E-state index is -2.27. The van der Waals surface area contributed by atoms with E-state index in [1.54, 1.807) is 0 Å². The van der Waals surface area contributed by atoms with Gasteiger partial charge in [0.2, 0.25) is 0 Å². The molecule has 4 heteroatoms. The standard InChI is InChI=1S/C16H24F2N2/c1-3-7-14-10-19-16(2,12-20(14)11-15(17)18)13-8-5-4-6-9-13/h4-6,8-9,14-15,19H,3,7,10-12H2,1-2H3. The predicted octanol–water partition coefficient (Wildman–Crippen LogP) is 3.24. The van der Waals surface area contributed by atoms with Crippen LogP contribution in [-0.2, 0) is 5.54 Å². The Balaban J connectivity index is 2.15. The monoisotopic (exact) mass is 282 g/mol. The van der Waals surface area contributed by atoms with Crippen molar-refractivity contribution in [2.24, 2.45) is 0 Å². The van der Waals surface area contributed by atoms with Gasteiger partial charge in [-0.3, -0.25) is 4.90 Å². The molecule has 0 aliphatic carbocycles. The van der Waals surface area contributed by atoms with E-state index in [1.165, 1.54) is 0 Å². The van der Waals surface area contributed by atoms with Crippen molar-refractivity contribution in [3.63, 3.8) is 0 Å². The van der Waals surface area contributed by atoms with Crippen LogP contribution in [0.2, 0.25) is 0 Å². The predicted molar refractivity (Wildman–Crippen MR) is 78.1 cm³/mol. The molecule has 1 saturated heterocycles. The van der Waals surface area contributed by atoms with Gasteiger partial charge in [0.05, 0.1) is 12.1 Å². The first-order chi connectivity index (χ1) is 9.55. The van der Waals surface area contributed by atoms with Gasteiger partial charge in [-0.25, -0.2) is 8.78 Å². The van der Waals surface area contributed by atoms with Gasteiger partial charge in [0.25, 0.3) is 6.43 Å². The summed E-state index contributed by atoms with van der Waals surface area (Å²) in [5, 5.41) is 3.56. The van der Waals surface area contributed by atoms with E-state index in [2.05, 4.69) is 31.3 Å². The van der Waals surface area contributed by atoms with Crippen LogP contribution in [0.1, 0.15) is 32.3 Å². The molecule has 1 N–H and O–H groups in total. The fourth-order valence-electron chi connectivity index (χ4n) is 3.07. The Kier molecular flexibility index (Phi) is 5.11. The molecule has 1 fully saturated rings. The van der Waals surface area contributed by atoms with Gasteiger partial charge in [0.15, 0.2) is 0 Å². The smallest absolute Gasteiger partial charge is 0.251 e. The van der Waals surface area contributed by atoms with Crippen molar-refractivity contribution >= 4 is 0 Å². The summed E-state index contributed by atoms with van der Waals surface area (Å²) in [6.45, 7) is 5.47. The molecular weight excluding hydrogens is 258 g/mol. The van der Waals surface area contributed by atoms with Gasteiger partial charge >= 0.3 is 0 Å².